The van der Waals surface area contributed by atoms with Crippen molar-refractivity contribution < 1.29 is 9.53 Å². The molecule has 5 heteroatoms. The maximum atomic E-state index is 12.5. The Bertz CT molecular complexity index is 629. The molecule has 5 nitrogen and oxygen atoms in total. The van der Waals surface area contributed by atoms with E-state index in [4.69, 9.17) is 10.5 Å². The molecule has 0 aliphatic carbocycles. The molecular weight excluding hydrogens is 254 g/mol. The lowest BCUT2D eigenvalue weighted by molar-refractivity contribution is 0.0986. The first-order valence-corrected chi connectivity index (χ1v) is 6.29. The van der Waals surface area contributed by atoms with Crippen LogP contribution in [-0.2, 0) is 7.05 Å². The van der Waals surface area contributed by atoms with Gasteiger partial charge in [0.25, 0.3) is 5.91 Å². The Labute approximate surface area is 118 Å². The fourth-order valence-electron chi connectivity index (χ4n) is 2.11. The number of anilines is 2. The van der Waals surface area contributed by atoms with Crippen LogP contribution in [0.1, 0.15) is 16.2 Å². The Hall–Kier alpha value is -2.43. The van der Waals surface area contributed by atoms with Crippen molar-refractivity contribution in [3.8, 4) is 5.75 Å². The van der Waals surface area contributed by atoms with E-state index in [1.807, 2.05) is 38.2 Å². The van der Waals surface area contributed by atoms with Gasteiger partial charge in [-0.15, -0.1) is 0 Å². The Kier molecular flexibility index (Phi) is 3.70. The van der Waals surface area contributed by atoms with Gasteiger partial charge in [0.1, 0.15) is 11.4 Å². The highest BCUT2D eigenvalue weighted by Gasteiger charge is 2.20. The van der Waals surface area contributed by atoms with Crippen molar-refractivity contribution in [2.24, 2.45) is 7.05 Å². The monoisotopic (exact) mass is 273 g/mol. The summed E-state index contributed by atoms with van der Waals surface area (Å²) in [7, 11) is 5.17. The van der Waals surface area contributed by atoms with E-state index in [-0.39, 0.29) is 5.91 Å². The lowest BCUT2D eigenvalue weighted by Crippen LogP contribution is -2.28. The van der Waals surface area contributed by atoms with Crippen LogP contribution < -0.4 is 15.4 Å². The Morgan fingerprint density at radius 1 is 1.30 bits per heavy atom. The number of aromatic nitrogens is 1. The molecule has 106 valence electrons. The first kappa shape index (κ1) is 14.0. The van der Waals surface area contributed by atoms with Gasteiger partial charge in [-0.05, 0) is 37.3 Å². The van der Waals surface area contributed by atoms with E-state index in [0.29, 0.717) is 11.4 Å². The van der Waals surface area contributed by atoms with Gasteiger partial charge in [0, 0.05) is 25.5 Å². The van der Waals surface area contributed by atoms with Gasteiger partial charge in [0.2, 0.25) is 0 Å². The molecule has 0 aliphatic rings. The minimum atomic E-state index is -0.136. The molecule has 0 spiro atoms. The molecule has 2 N–H and O–H groups in total. The molecule has 20 heavy (non-hydrogen) atoms. The Morgan fingerprint density at radius 2 is 1.90 bits per heavy atom. The van der Waals surface area contributed by atoms with E-state index in [1.54, 1.807) is 29.7 Å². The zero-order chi connectivity index (χ0) is 14.9. The average molecular weight is 273 g/mol. The smallest absolute Gasteiger partial charge is 0.276 e. The van der Waals surface area contributed by atoms with Crippen molar-refractivity contribution in [1.29, 1.82) is 0 Å². The van der Waals surface area contributed by atoms with Gasteiger partial charge < -0.3 is 19.9 Å². The summed E-state index contributed by atoms with van der Waals surface area (Å²) in [5.41, 5.74) is 8.65. The third kappa shape index (κ3) is 2.34. The van der Waals surface area contributed by atoms with Crippen LogP contribution in [0, 0.1) is 6.92 Å². The molecule has 2 aromatic rings. The summed E-state index contributed by atoms with van der Waals surface area (Å²) in [5.74, 6) is 0.618. The van der Waals surface area contributed by atoms with Gasteiger partial charge in [-0.3, -0.25) is 4.79 Å². The molecule has 1 aromatic heterocycles. The van der Waals surface area contributed by atoms with E-state index in [1.165, 1.54) is 0 Å². The molecule has 2 rings (SSSR count). The van der Waals surface area contributed by atoms with Crippen molar-refractivity contribution in [3.05, 3.63) is 41.7 Å². The van der Waals surface area contributed by atoms with Crippen LogP contribution in [0.25, 0.3) is 0 Å². The first-order chi connectivity index (χ1) is 9.45. The number of carbonyl (C=O) groups is 1. The summed E-state index contributed by atoms with van der Waals surface area (Å²) >= 11 is 0. The van der Waals surface area contributed by atoms with E-state index in [2.05, 4.69) is 0 Å². The van der Waals surface area contributed by atoms with Crippen LogP contribution in [0.5, 0.6) is 5.75 Å². The van der Waals surface area contributed by atoms with E-state index in [0.717, 1.165) is 17.1 Å². The summed E-state index contributed by atoms with van der Waals surface area (Å²) < 4.78 is 6.91. The number of amides is 1. The molecule has 0 atom stereocenters. The predicted octanol–water partition coefficient (Wildman–Crippen LogP) is 2.20. The van der Waals surface area contributed by atoms with Gasteiger partial charge in [-0.2, -0.15) is 0 Å². The highest BCUT2D eigenvalue weighted by molar-refractivity contribution is 6.08. The summed E-state index contributed by atoms with van der Waals surface area (Å²) in [4.78, 5) is 14.1. The molecule has 0 unspecified atom stereocenters. The molecule has 0 aliphatic heterocycles. The number of hydrogen-bond donors (Lipinski definition) is 1. The minimum absolute atomic E-state index is 0.136. The van der Waals surface area contributed by atoms with Crippen molar-refractivity contribution in [1.82, 2.24) is 4.57 Å². The highest BCUT2D eigenvalue weighted by Crippen LogP contribution is 2.23. The number of nitrogens with zero attached hydrogens (tertiary/aromatic N) is 2. The topological polar surface area (TPSA) is 60.5 Å². The normalized spacial score (nSPS) is 10.4. The number of nitrogens with two attached hydrogens (primary N) is 1. The lowest BCUT2D eigenvalue weighted by atomic mass is 10.2. The summed E-state index contributed by atoms with van der Waals surface area (Å²) in [5, 5.41) is 0. The van der Waals surface area contributed by atoms with Gasteiger partial charge in [0.05, 0.1) is 12.8 Å². The maximum Gasteiger partial charge on any atom is 0.276 e. The number of benzene rings is 1. The predicted molar refractivity (Wildman–Crippen MR) is 80.3 cm³/mol. The number of aryl methyl sites for hydroxylation is 1. The number of hydrogen-bond acceptors (Lipinski definition) is 3. The second kappa shape index (κ2) is 5.28. The van der Waals surface area contributed by atoms with E-state index in [9.17, 15) is 4.79 Å². The second-order valence-electron chi connectivity index (χ2n) is 4.71. The number of carbonyl (C=O) groups excluding carboxylic acids is 1. The maximum absolute atomic E-state index is 12.5. The first-order valence-electron chi connectivity index (χ1n) is 6.29. The van der Waals surface area contributed by atoms with Crippen LogP contribution in [0.15, 0.2) is 30.3 Å². The van der Waals surface area contributed by atoms with Gasteiger partial charge >= 0.3 is 0 Å². The molecule has 1 heterocycles. The van der Waals surface area contributed by atoms with Gasteiger partial charge in [-0.25, -0.2) is 0 Å². The molecule has 0 bridgehead atoms. The van der Waals surface area contributed by atoms with Crippen LogP contribution >= 0.6 is 0 Å². The van der Waals surface area contributed by atoms with Crippen molar-refractivity contribution in [2.75, 3.05) is 24.8 Å². The van der Waals surface area contributed by atoms with Crippen LogP contribution in [-0.4, -0.2) is 24.6 Å². The Balaban J connectivity index is 2.32. The zero-order valence-corrected chi connectivity index (χ0v) is 12.2. The second-order valence-corrected chi connectivity index (χ2v) is 4.71. The molecule has 1 amide bonds. The van der Waals surface area contributed by atoms with E-state index >= 15 is 0 Å². The minimum Gasteiger partial charge on any atom is -0.497 e. The number of ether oxygens (including phenoxy) is 1. The lowest BCUT2D eigenvalue weighted by Gasteiger charge is -2.18. The quantitative estimate of drug-likeness (QED) is 0.932. The third-order valence-electron chi connectivity index (χ3n) is 3.47. The molecule has 0 saturated heterocycles. The van der Waals surface area contributed by atoms with Crippen molar-refractivity contribution in [3.63, 3.8) is 0 Å². The van der Waals surface area contributed by atoms with E-state index < -0.39 is 0 Å². The van der Waals surface area contributed by atoms with Crippen LogP contribution in [0.2, 0.25) is 0 Å². The third-order valence-corrected chi connectivity index (χ3v) is 3.47. The number of nitrogen functional groups attached to an aromatic ring is 1. The summed E-state index contributed by atoms with van der Waals surface area (Å²) in [6.07, 6.45) is 0. The van der Waals surface area contributed by atoms with Crippen molar-refractivity contribution >= 4 is 17.3 Å². The molecule has 0 fully saturated rings. The highest BCUT2D eigenvalue weighted by atomic mass is 16.5. The summed E-state index contributed by atoms with van der Waals surface area (Å²) in [6.45, 7) is 1.92. The summed E-state index contributed by atoms with van der Waals surface area (Å²) in [6, 6.07) is 9.11. The van der Waals surface area contributed by atoms with Crippen molar-refractivity contribution in [2.45, 2.75) is 6.92 Å². The number of rotatable bonds is 3. The van der Waals surface area contributed by atoms with Crippen LogP contribution in [0.4, 0.5) is 11.4 Å². The fraction of sp³-hybridized carbons (Fsp3) is 0.267. The zero-order valence-electron chi connectivity index (χ0n) is 12.2. The molecular formula is C15H19N3O2. The standard InChI is InChI=1S/C15H19N3O2/c1-10-9-13(16)14(17(10)2)15(19)18(3)11-5-7-12(20-4)8-6-11/h5-9H,16H2,1-4H3. The molecule has 0 radical (unpaired) electrons. The SMILES string of the molecule is COc1ccc(N(C)C(=O)c2c(N)cc(C)n2C)cc1. The number of methoxy groups -OCH3 is 1. The van der Waals surface area contributed by atoms with Crippen LogP contribution in [0.3, 0.4) is 0 Å². The molecule has 1 aromatic carbocycles. The Morgan fingerprint density at radius 3 is 2.35 bits per heavy atom. The largest absolute Gasteiger partial charge is 0.497 e. The average Bonchev–Trinajstić information content (AvgIpc) is 2.71. The van der Waals surface area contributed by atoms with Gasteiger partial charge in [-0.1, -0.05) is 0 Å². The fourth-order valence-corrected chi connectivity index (χ4v) is 2.11. The molecule has 0 saturated carbocycles. The van der Waals surface area contributed by atoms with Gasteiger partial charge in [0.15, 0.2) is 0 Å².